The number of hydrogen-bond donors (Lipinski definition) is 0. The largest absolute Gasteiger partial charge is 0.493 e. The van der Waals surface area contributed by atoms with Crippen LogP contribution in [-0.2, 0) is 4.79 Å². The van der Waals surface area contributed by atoms with E-state index in [1.165, 1.54) is 23.1 Å². The van der Waals surface area contributed by atoms with Crippen LogP contribution in [0.25, 0.3) is 6.08 Å². The van der Waals surface area contributed by atoms with Gasteiger partial charge < -0.3 is 9.47 Å². The van der Waals surface area contributed by atoms with Crippen LogP contribution in [0, 0.1) is 10.1 Å². The number of ether oxygens (including phenoxy) is 2. The van der Waals surface area contributed by atoms with Crippen LogP contribution in [0.3, 0.4) is 0 Å². The predicted molar refractivity (Wildman–Crippen MR) is 130 cm³/mol. The van der Waals surface area contributed by atoms with E-state index in [4.69, 9.17) is 33.3 Å². The second-order valence-corrected chi connectivity index (χ2v) is 8.68. The predicted octanol–water partition coefficient (Wildman–Crippen LogP) is 5.48. The third kappa shape index (κ3) is 6.09. The Morgan fingerprint density at radius 3 is 2.59 bits per heavy atom. The molecule has 2 aromatic rings. The van der Waals surface area contributed by atoms with E-state index in [1.807, 2.05) is 0 Å². The maximum atomic E-state index is 12.6. The highest BCUT2D eigenvalue weighted by molar-refractivity contribution is 8.26. The number of halogens is 1. The van der Waals surface area contributed by atoms with Gasteiger partial charge in [0.1, 0.15) is 15.8 Å². The number of nitrogens with zero attached hydrogens (tertiary/aromatic N) is 2. The molecule has 1 heterocycles. The van der Waals surface area contributed by atoms with Crippen molar-refractivity contribution < 1.29 is 19.2 Å². The first-order valence-electron chi connectivity index (χ1n) is 9.55. The van der Waals surface area contributed by atoms with Gasteiger partial charge in [-0.25, -0.2) is 0 Å². The Morgan fingerprint density at radius 1 is 1.19 bits per heavy atom. The molecular weight excluding hydrogens is 472 g/mol. The molecule has 1 aliphatic heterocycles. The van der Waals surface area contributed by atoms with Gasteiger partial charge >= 0.3 is 0 Å². The normalized spacial score (nSPS) is 14.7. The highest BCUT2D eigenvalue weighted by Gasteiger charge is 2.31. The lowest BCUT2D eigenvalue weighted by atomic mass is 10.1. The number of nitro groups is 1. The van der Waals surface area contributed by atoms with Gasteiger partial charge in [0.15, 0.2) is 0 Å². The van der Waals surface area contributed by atoms with Crippen LogP contribution in [-0.4, -0.2) is 39.8 Å². The van der Waals surface area contributed by atoms with Crippen molar-refractivity contribution in [2.24, 2.45) is 0 Å². The number of non-ortho nitro benzene ring substituents is 1. The third-order valence-corrected chi connectivity index (χ3v) is 5.93. The molecule has 7 nitrogen and oxygen atoms in total. The van der Waals surface area contributed by atoms with Gasteiger partial charge in [0.2, 0.25) is 0 Å². The van der Waals surface area contributed by atoms with Gasteiger partial charge in [-0.05, 0) is 36.4 Å². The highest BCUT2D eigenvalue weighted by atomic mass is 35.5. The second kappa shape index (κ2) is 11.1. The van der Waals surface area contributed by atoms with Crippen molar-refractivity contribution in [1.82, 2.24) is 4.90 Å². The number of nitro benzene ring substituents is 1. The molecule has 166 valence electrons. The van der Waals surface area contributed by atoms with Crippen LogP contribution in [0.15, 0.2) is 60.0 Å². The Kier molecular flexibility index (Phi) is 8.26. The zero-order valence-electron chi connectivity index (χ0n) is 16.9. The summed E-state index contributed by atoms with van der Waals surface area (Å²) < 4.78 is 11.9. The Balaban J connectivity index is 1.69. The fourth-order valence-corrected chi connectivity index (χ4v) is 4.18. The van der Waals surface area contributed by atoms with Crippen LogP contribution >= 0.6 is 35.6 Å². The number of carbonyl (C=O) groups excluding carboxylic acids is 1. The molecule has 0 unspecified atom stereocenters. The zero-order valence-corrected chi connectivity index (χ0v) is 19.3. The maximum absolute atomic E-state index is 12.6. The smallest absolute Gasteiger partial charge is 0.270 e. The molecule has 1 fully saturated rings. The van der Waals surface area contributed by atoms with Crippen molar-refractivity contribution >= 4 is 57.6 Å². The van der Waals surface area contributed by atoms with Crippen molar-refractivity contribution in [3.63, 3.8) is 0 Å². The van der Waals surface area contributed by atoms with Gasteiger partial charge in [-0.1, -0.05) is 41.7 Å². The molecule has 0 N–H and O–H groups in total. The number of carbonyl (C=O) groups is 1. The molecule has 0 radical (unpaired) electrons. The van der Waals surface area contributed by atoms with Crippen LogP contribution < -0.4 is 9.47 Å². The summed E-state index contributed by atoms with van der Waals surface area (Å²) in [6.07, 6.45) is 3.73. The van der Waals surface area contributed by atoms with Crippen LogP contribution in [0.4, 0.5) is 5.69 Å². The highest BCUT2D eigenvalue weighted by Crippen LogP contribution is 2.35. The molecule has 0 aliphatic carbocycles. The van der Waals surface area contributed by atoms with Crippen molar-refractivity contribution in [3.05, 3.63) is 80.7 Å². The number of thiocarbonyl (C=S) groups is 1. The molecule has 1 amide bonds. The standard InChI is InChI=1S/C22H19ClN2O5S2/c1-2-10-24-21(26)20(32-22(24)31)14-15-13-17(25(27)28)6-9-19(15)30-12-3-11-29-18-7-4-16(23)5-8-18/h2,4-9,13-14H,1,3,10-12H2/b20-14+. The lowest BCUT2D eigenvalue weighted by molar-refractivity contribution is -0.384. The van der Waals surface area contributed by atoms with Crippen molar-refractivity contribution in [2.45, 2.75) is 6.42 Å². The van der Waals surface area contributed by atoms with E-state index >= 15 is 0 Å². The zero-order chi connectivity index (χ0) is 23.1. The average Bonchev–Trinajstić information content (AvgIpc) is 3.03. The minimum Gasteiger partial charge on any atom is -0.493 e. The van der Waals surface area contributed by atoms with E-state index < -0.39 is 4.92 Å². The first-order valence-corrected chi connectivity index (χ1v) is 11.1. The summed E-state index contributed by atoms with van der Waals surface area (Å²) in [4.78, 5) is 25.1. The second-order valence-electron chi connectivity index (χ2n) is 6.56. The van der Waals surface area contributed by atoms with Gasteiger partial charge in [0.05, 0.1) is 23.0 Å². The number of amides is 1. The number of hydrogen-bond acceptors (Lipinski definition) is 7. The minimum atomic E-state index is -0.496. The van der Waals surface area contributed by atoms with Crippen LogP contribution in [0.5, 0.6) is 11.5 Å². The first-order chi connectivity index (χ1) is 15.4. The van der Waals surface area contributed by atoms with Crippen LogP contribution in [0.2, 0.25) is 5.02 Å². The van der Waals surface area contributed by atoms with Gasteiger partial charge in [-0.3, -0.25) is 19.8 Å². The molecule has 0 saturated carbocycles. The lowest BCUT2D eigenvalue weighted by Crippen LogP contribution is -2.27. The summed E-state index contributed by atoms with van der Waals surface area (Å²) in [5.41, 5.74) is 0.327. The maximum Gasteiger partial charge on any atom is 0.270 e. The van der Waals surface area contributed by atoms with E-state index in [0.29, 0.717) is 57.5 Å². The van der Waals surface area contributed by atoms with Crippen LogP contribution in [0.1, 0.15) is 12.0 Å². The van der Waals surface area contributed by atoms with E-state index in [-0.39, 0.29) is 11.6 Å². The SMILES string of the molecule is C=CCN1C(=O)/C(=C\c2cc([N+](=O)[O-])ccc2OCCCOc2ccc(Cl)cc2)SC1=S. The topological polar surface area (TPSA) is 81.9 Å². The Labute approximate surface area is 199 Å². The third-order valence-electron chi connectivity index (χ3n) is 4.30. The Bertz CT molecular complexity index is 1070. The van der Waals surface area contributed by atoms with Gasteiger partial charge in [-0.15, -0.1) is 6.58 Å². The van der Waals surface area contributed by atoms with E-state index in [0.717, 1.165) is 11.8 Å². The molecule has 0 aromatic heterocycles. The monoisotopic (exact) mass is 490 g/mol. The molecule has 0 bridgehead atoms. The molecule has 3 rings (SSSR count). The molecule has 1 aliphatic rings. The summed E-state index contributed by atoms with van der Waals surface area (Å²) in [5, 5.41) is 11.8. The van der Waals surface area contributed by atoms with Gasteiger partial charge in [0.25, 0.3) is 11.6 Å². The minimum absolute atomic E-state index is 0.101. The van der Waals surface area contributed by atoms with Gasteiger partial charge in [0, 0.05) is 35.7 Å². The molecule has 0 atom stereocenters. The average molecular weight is 491 g/mol. The summed E-state index contributed by atoms with van der Waals surface area (Å²) in [6.45, 7) is 4.67. The Hall–Kier alpha value is -2.88. The number of thioether (sulfide) groups is 1. The molecule has 2 aromatic carbocycles. The van der Waals surface area contributed by atoms with Crippen molar-refractivity contribution in [1.29, 1.82) is 0 Å². The fraction of sp³-hybridized carbons (Fsp3) is 0.182. The molecule has 1 saturated heterocycles. The van der Waals surface area contributed by atoms with Crippen molar-refractivity contribution in [2.75, 3.05) is 19.8 Å². The fourth-order valence-electron chi connectivity index (χ4n) is 2.78. The summed E-state index contributed by atoms with van der Waals surface area (Å²) >= 11 is 12.2. The summed E-state index contributed by atoms with van der Waals surface area (Å²) in [6, 6.07) is 11.3. The Morgan fingerprint density at radius 2 is 1.91 bits per heavy atom. The number of rotatable bonds is 10. The van der Waals surface area contributed by atoms with E-state index in [1.54, 1.807) is 36.4 Å². The summed E-state index contributed by atoms with van der Waals surface area (Å²) in [7, 11) is 0. The lowest BCUT2D eigenvalue weighted by Gasteiger charge is -2.11. The van der Waals surface area contributed by atoms with Gasteiger partial charge in [-0.2, -0.15) is 0 Å². The van der Waals surface area contributed by atoms with E-state index in [9.17, 15) is 14.9 Å². The van der Waals surface area contributed by atoms with Crippen molar-refractivity contribution in [3.8, 4) is 11.5 Å². The number of benzene rings is 2. The summed E-state index contributed by atoms with van der Waals surface area (Å²) in [5.74, 6) is 0.858. The molecule has 0 spiro atoms. The quantitative estimate of drug-likeness (QED) is 0.109. The van der Waals surface area contributed by atoms with E-state index in [2.05, 4.69) is 6.58 Å². The molecule has 32 heavy (non-hydrogen) atoms. The molecule has 10 heteroatoms. The molecular formula is C22H19ClN2O5S2. The first kappa shape index (κ1) is 23.8.